The average Bonchev–Trinajstić information content (AvgIpc) is 2.75. The molecule has 0 aromatic heterocycles. The second kappa shape index (κ2) is 8.31. The summed E-state index contributed by atoms with van der Waals surface area (Å²) in [6.07, 6.45) is 3.53. The van der Waals surface area contributed by atoms with Crippen LogP contribution in [0.1, 0.15) is 64.5 Å². The third-order valence-corrected chi connectivity index (χ3v) is 7.87. The molecule has 176 valence electrons. The van der Waals surface area contributed by atoms with Crippen LogP contribution in [-0.2, 0) is 10.2 Å². The van der Waals surface area contributed by atoms with E-state index in [9.17, 15) is 19.0 Å². The van der Waals surface area contributed by atoms with Crippen molar-refractivity contribution in [2.24, 2.45) is 9.81 Å². The number of fused-ring (bicyclic) bond motifs is 2. The average molecular weight is 469 g/mol. The Labute approximate surface area is 196 Å². The lowest BCUT2D eigenvalue weighted by atomic mass is 9.66. The predicted molar refractivity (Wildman–Crippen MR) is 135 cm³/mol. The second-order valence-electron chi connectivity index (χ2n) is 10.3. The van der Waals surface area contributed by atoms with Crippen molar-refractivity contribution in [3.63, 3.8) is 0 Å². The van der Waals surface area contributed by atoms with Gasteiger partial charge in [-0.2, -0.15) is 0 Å². The fraction of sp³-hybridized carbons (Fsp3) is 0.385. The molecule has 0 saturated carbocycles. The van der Waals surface area contributed by atoms with E-state index in [4.69, 9.17) is 0 Å². The molecule has 7 heteroatoms. The van der Waals surface area contributed by atoms with Gasteiger partial charge in [0.05, 0.1) is 11.1 Å². The second-order valence-corrected chi connectivity index (χ2v) is 11.9. The van der Waals surface area contributed by atoms with Crippen molar-refractivity contribution < 1.29 is 19.0 Å². The molecule has 1 heterocycles. The lowest BCUT2D eigenvalue weighted by molar-refractivity contribution is -0.120. The number of benzene rings is 2. The lowest BCUT2D eigenvalue weighted by Gasteiger charge is -2.39. The van der Waals surface area contributed by atoms with Crippen LogP contribution in [0.25, 0.3) is 5.76 Å². The summed E-state index contributed by atoms with van der Waals surface area (Å²) in [6, 6.07) is 14.1. The van der Waals surface area contributed by atoms with Crippen molar-refractivity contribution in [3.8, 4) is 0 Å². The summed E-state index contributed by atoms with van der Waals surface area (Å²) in [5, 5.41) is 14.2. The zero-order valence-corrected chi connectivity index (χ0v) is 20.4. The molecular weight excluding hydrogens is 436 g/mol. The molecule has 1 aliphatic carbocycles. The topological polar surface area (TPSA) is 102 Å². The van der Waals surface area contributed by atoms with E-state index in [-0.39, 0.29) is 33.3 Å². The Hall–Kier alpha value is -2.61. The third-order valence-electron chi connectivity index (χ3n) is 6.49. The summed E-state index contributed by atoms with van der Waals surface area (Å²) in [6.45, 7) is 8.53. The van der Waals surface area contributed by atoms with Crippen LogP contribution in [0.3, 0.4) is 0 Å². The van der Waals surface area contributed by atoms with E-state index in [1.54, 1.807) is 30.3 Å². The minimum Gasteiger partial charge on any atom is -0.506 e. The number of para-hydroxylation sites is 1. The Kier molecular flexibility index (Phi) is 5.93. The molecule has 0 spiro atoms. The number of amidine groups is 1. The van der Waals surface area contributed by atoms with E-state index in [0.29, 0.717) is 17.7 Å². The Morgan fingerprint density at radius 2 is 1.70 bits per heavy atom. The number of hydrogen-bond donors (Lipinski definition) is 4. The van der Waals surface area contributed by atoms with Crippen molar-refractivity contribution in [1.29, 1.82) is 0 Å². The standard InChI is InChI=1S/C26H32N2O4S/c1-25(2,3)15-9-10-16-26(4)18-12-6-5-11-17(18)22(29)21(23(26)30)24-27-19-13-7-8-14-20(19)33(31,32)28-24/h5-8,11-14,29,31-32H,9-10,15-16H2,1-4H3,(H,27,28). The molecule has 0 saturated heterocycles. The van der Waals surface area contributed by atoms with Crippen molar-refractivity contribution in [3.05, 3.63) is 65.2 Å². The first-order chi connectivity index (χ1) is 15.4. The molecular formula is C26H32N2O4S. The van der Waals surface area contributed by atoms with Crippen molar-refractivity contribution in [2.75, 3.05) is 5.32 Å². The summed E-state index contributed by atoms with van der Waals surface area (Å²) in [5.74, 6) is -0.467. The summed E-state index contributed by atoms with van der Waals surface area (Å²) < 4.78 is 25.5. The normalized spacial score (nSPS) is 22.7. The molecule has 0 fully saturated rings. The minimum absolute atomic E-state index is 0.00139. The van der Waals surface area contributed by atoms with E-state index in [1.807, 2.05) is 25.1 Å². The molecule has 2 aromatic rings. The Morgan fingerprint density at radius 1 is 1.03 bits per heavy atom. The molecule has 0 radical (unpaired) electrons. The Bertz CT molecular complexity index is 1160. The van der Waals surface area contributed by atoms with E-state index in [2.05, 4.69) is 30.5 Å². The number of nitrogens with zero attached hydrogens (tertiary/aromatic N) is 1. The predicted octanol–water partition coefficient (Wildman–Crippen LogP) is 6.95. The maximum atomic E-state index is 13.9. The van der Waals surface area contributed by atoms with Gasteiger partial charge in [0.2, 0.25) is 0 Å². The lowest BCUT2D eigenvalue weighted by Crippen LogP contribution is -2.42. The number of ketones is 1. The van der Waals surface area contributed by atoms with Crippen LogP contribution in [-0.4, -0.2) is 25.8 Å². The maximum Gasteiger partial charge on any atom is 0.180 e. The number of Topliss-reactive ketones (excluding diaryl/α,β-unsaturated/α-hetero) is 1. The van der Waals surface area contributed by atoms with E-state index < -0.39 is 16.2 Å². The van der Waals surface area contributed by atoms with Gasteiger partial charge in [0.15, 0.2) is 11.6 Å². The number of aliphatic hydroxyl groups is 1. The van der Waals surface area contributed by atoms with E-state index in [1.165, 1.54) is 0 Å². The molecule has 1 atom stereocenters. The quantitative estimate of drug-likeness (QED) is 0.356. The summed E-state index contributed by atoms with van der Waals surface area (Å²) in [5.41, 5.74) is 1.19. The van der Waals surface area contributed by atoms with E-state index >= 15 is 0 Å². The summed E-state index contributed by atoms with van der Waals surface area (Å²) in [4.78, 5) is 14.2. The highest BCUT2D eigenvalue weighted by Gasteiger charge is 2.46. The van der Waals surface area contributed by atoms with Gasteiger partial charge >= 0.3 is 0 Å². The largest absolute Gasteiger partial charge is 0.506 e. The highest BCUT2D eigenvalue weighted by molar-refractivity contribution is 8.23. The molecule has 2 aliphatic rings. The first-order valence-electron chi connectivity index (χ1n) is 11.3. The zero-order chi connectivity index (χ0) is 24.0. The highest BCUT2D eigenvalue weighted by atomic mass is 32.3. The number of rotatable bonds is 5. The number of hydrogen-bond acceptors (Lipinski definition) is 6. The van der Waals surface area contributed by atoms with Crippen LogP contribution < -0.4 is 5.32 Å². The van der Waals surface area contributed by atoms with Gasteiger partial charge in [0.25, 0.3) is 0 Å². The molecule has 1 unspecified atom stereocenters. The third kappa shape index (κ3) is 4.33. The van der Waals surface area contributed by atoms with Crippen LogP contribution in [0.15, 0.2) is 63.4 Å². The van der Waals surface area contributed by atoms with E-state index in [0.717, 1.165) is 24.8 Å². The number of carbonyl (C=O) groups is 1. The number of carbonyl (C=O) groups excluding carboxylic acids is 1. The van der Waals surface area contributed by atoms with Gasteiger partial charge in [-0.3, -0.25) is 13.9 Å². The zero-order valence-electron chi connectivity index (χ0n) is 19.6. The van der Waals surface area contributed by atoms with Crippen LogP contribution >= 0.6 is 10.8 Å². The van der Waals surface area contributed by atoms with Gasteiger partial charge in [0.1, 0.15) is 16.2 Å². The summed E-state index contributed by atoms with van der Waals surface area (Å²) in [7, 11) is -3.51. The molecule has 4 N–H and O–H groups in total. The molecule has 1 aliphatic heterocycles. The van der Waals surface area contributed by atoms with Gasteiger partial charge in [-0.1, -0.05) is 80.8 Å². The number of unbranched alkanes of at least 4 members (excludes halogenated alkanes) is 1. The first kappa shape index (κ1) is 23.5. The van der Waals surface area contributed by atoms with Gasteiger partial charge in [-0.25, -0.2) is 0 Å². The van der Waals surface area contributed by atoms with Crippen LogP contribution in [0.4, 0.5) is 5.69 Å². The number of nitrogens with one attached hydrogen (secondary N) is 1. The van der Waals surface area contributed by atoms with Crippen molar-refractivity contribution in [2.45, 2.75) is 63.7 Å². The molecule has 33 heavy (non-hydrogen) atoms. The van der Waals surface area contributed by atoms with Gasteiger partial charge in [-0.05, 0) is 42.9 Å². The first-order valence-corrected chi connectivity index (χ1v) is 12.8. The minimum atomic E-state index is -3.51. The van der Waals surface area contributed by atoms with Crippen LogP contribution in [0.5, 0.6) is 0 Å². The fourth-order valence-corrected chi connectivity index (χ4v) is 5.82. The maximum absolute atomic E-state index is 13.9. The highest BCUT2D eigenvalue weighted by Crippen LogP contribution is 2.56. The molecule has 2 aromatic carbocycles. The van der Waals surface area contributed by atoms with Crippen LogP contribution in [0.2, 0.25) is 0 Å². The van der Waals surface area contributed by atoms with Gasteiger partial charge < -0.3 is 10.4 Å². The molecule has 4 rings (SSSR count). The molecule has 6 nitrogen and oxygen atoms in total. The van der Waals surface area contributed by atoms with Gasteiger partial charge in [0, 0.05) is 5.56 Å². The molecule has 0 bridgehead atoms. The fourth-order valence-electron chi connectivity index (χ4n) is 4.66. The smallest absolute Gasteiger partial charge is 0.180 e. The number of anilines is 1. The van der Waals surface area contributed by atoms with Gasteiger partial charge in [-0.15, -0.1) is 4.40 Å². The SMILES string of the molecule is CC(C)(C)CCCCC1(C)C(=O)C(C2=NS(O)(O)c3ccccc3N2)=C(O)c2ccccc21. The van der Waals surface area contributed by atoms with Crippen molar-refractivity contribution >= 4 is 33.8 Å². The summed E-state index contributed by atoms with van der Waals surface area (Å²) >= 11 is 0. The molecule has 0 amide bonds. The van der Waals surface area contributed by atoms with Crippen molar-refractivity contribution in [1.82, 2.24) is 0 Å². The Balaban J connectivity index is 1.75. The Morgan fingerprint density at radius 3 is 2.42 bits per heavy atom. The number of aliphatic hydroxyl groups excluding tert-OH is 1. The monoisotopic (exact) mass is 468 g/mol. The van der Waals surface area contributed by atoms with Crippen LogP contribution in [0, 0.1) is 5.41 Å².